The lowest BCUT2D eigenvalue weighted by Gasteiger charge is -2.20. The highest BCUT2D eigenvalue weighted by Gasteiger charge is 2.25. The van der Waals surface area contributed by atoms with E-state index >= 15 is 0 Å². The van der Waals surface area contributed by atoms with Gasteiger partial charge in [-0.05, 0) is 54.8 Å². The minimum absolute atomic E-state index is 0.242. The number of carbonyl (C=O) groups excluding carboxylic acids is 2. The standard InChI is InChI=1S/C23H23N3O3/c1-15-7-6-8-16(2)20(15)25-23(28)21(17-10-12-18(29-3)13-11-17)26-22(27)19-9-4-5-14-24-19/h4-14,21H,1-3H3,(H,25,28)(H,26,27). The highest BCUT2D eigenvalue weighted by Crippen LogP contribution is 2.23. The number of para-hydroxylation sites is 1. The number of nitrogens with one attached hydrogen (secondary N) is 2. The highest BCUT2D eigenvalue weighted by molar-refractivity contribution is 6.01. The number of nitrogens with zero attached hydrogens (tertiary/aromatic N) is 1. The van der Waals surface area contributed by atoms with Gasteiger partial charge in [-0.25, -0.2) is 0 Å². The number of hydrogen-bond donors (Lipinski definition) is 2. The maximum Gasteiger partial charge on any atom is 0.270 e. The lowest BCUT2D eigenvalue weighted by Crippen LogP contribution is -2.37. The molecule has 6 nitrogen and oxygen atoms in total. The summed E-state index contributed by atoms with van der Waals surface area (Å²) in [6.07, 6.45) is 1.54. The number of anilines is 1. The molecule has 6 heteroatoms. The molecule has 1 unspecified atom stereocenters. The molecule has 148 valence electrons. The first kappa shape index (κ1) is 20.1. The fraction of sp³-hybridized carbons (Fsp3) is 0.174. The van der Waals surface area contributed by atoms with Crippen LogP contribution in [0.25, 0.3) is 0 Å². The zero-order chi connectivity index (χ0) is 20.8. The number of hydrogen-bond acceptors (Lipinski definition) is 4. The fourth-order valence-electron chi connectivity index (χ4n) is 3.01. The molecular weight excluding hydrogens is 366 g/mol. The third-order valence-corrected chi connectivity index (χ3v) is 4.61. The van der Waals surface area contributed by atoms with E-state index in [-0.39, 0.29) is 11.6 Å². The number of aromatic nitrogens is 1. The van der Waals surface area contributed by atoms with Gasteiger partial charge in [0.2, 0.25) is 0 Å². The topological polar surface area (TPSA) is 80.3 Å². The van der Waals surface area contributed by atoms with Gasteiger partial charge in [0.15, 0.2) is 0 Å². The van der Waals surface area contributed by atoms with E-state index in [0.29, 0.717) is 11.3 Å². The van der Waals surface area contributed by atoms with Crippen LogP contribution in [0.3, 0.4) is 0 Å². The second kappa shape index (κ2) is 9.01. The number of aryl methyl sites for hydroxylation is 2. The Morgan fingerprint density at radius 1 is 0.931 bits per heavy atom. The molecule has 0 spiro atoms. The Balaban J connectivity index is 1.91. The first-order chi connectivity index (χ1) is 14.0. The van der Waals surface area contributed by atoms with Crippen molar-refractivity contribution in [1.29, 1.82) is 0 Å². The summed E-state index contributed by atoms with van der Waals surface area (Å²) >= 11 is 0. The summed E-state index contributed by atoms with van der Waals surface area (Å²) in [5.74, 6) is -0.0985. The summed E-state index contributed by atoms with van der Waals surface area (Å²) < 4.78 is 5.19. The molecule has 1 heterocycles. The minimum Gasteiger partial charge on any atom is -0.497 e. The van der Waals surface area contributed by atoms with Crippen LogP contribution in [0.15, 0.2) is 66.9 Å². The molecule has 29 heavy (non-hydrogen) atoms. The predicted octanol–water partition coefficient (Wildman–Crippen LogP) is 3.82. The molecule has 3 aromatic rings. The molecule has 0 aliphatic heterocycles. The molecular formula is C23H23N3O3. The summed E-state index contributed by atoms with van der Waals surface area (Å²) in [5, 5.41) is 5.75. The Bertz CT molecular complexity index is 981. The van der Waals surface area contributed by atoms with Crippen molar-refractivity contribution in [2.75, 3.05) is 12.4 Å². The van der Waals surface area contributed by atoms with Gasteiger partial charge < -0.3 is 15.4 Å². The Labute approximate surface area is 169 Å². The van der Waals surface area contributed by atoms with Gasteiger partial charge in [0.05, 0.1) is 7.11 Å². The van der Waals surface area contributed by atoms with E-state index in [4.69, 9.17) is 4.74 Å². The number of benzene rings is 2. The van der Waals surface area contributed by atoms with Crippen LogP contribution in [0, 0.1) is 13.8 Å². The van der Waals surface area contributed by atoms with Crippen LogP contribution in [0.4, 0.5) is 5.69 Å². The molecule has 1 atom stereocenters. The van der Waals surface area contributed by atoms with Crippen molar-refractivity contribution in [1.82, 2.24) is 10.3 Å². The van der Waals surface area contributed by atoms with Crippen LogP contribution in [-0.2, 0) is 4.79 Å². The maximum atomic E-state index is 13.2. The number of carbonyl (C=O) groups is 2. The summed E-state index contributed by atoms with van der Waals surface area (Å²) in [7, 11) is 1.57. The fourth-order valence-corrected chi connectivity index (χ4v) is 3.01. The molecule has 0 aliphatic carbocycles. The van der Waals surface area contributed by atoms with E-state index in [9.17, 15) is 9.59 Å². The summed E-state index contributed by atoms with van der Waals surface area (Å²) in [6.45, 7) is 3.86. The van der Waals surface area contributed by atoms with Gasteiger partial charge in [0, 0.05) is 11.9 Å². The zero-order valence-corrected chi connectivity index (χ0v) is 16.6. The number of pyridine rings is 1. The second-order valence-electron chi connectivity index (χ2n) is 6.65. The number of amides is 2. The van der Waals surface area contributed by atoms with Crippen molar-refractivity contribution in [2.24, 2.45) is 0 Å². The van der Waals surface area contributed by atoms with E-state index in [2.05, 4.69) is 15.6 Å². The van der Waals surface area contributed by atoms with E-state index in [0.717, 1.165) is 16.8 Å². The van der Waals surface area contributed by atoms with E-state index in [1.807, 2.05) is 32.0 Å². The third kappa shape index (κ3) is 4.79. The van der Waals surface area contributed by atoms with Crippen LogP contribution in [0.1, 0.15) is 33.2 Å². The van der Waals surface area contributed by atoms with Gasteiger partial charge in [0.25, 0.3) is 11.8 Å². The van der Waals surface area contributed by atoms with Gasteiger partial charge in [-0.1, -0.05) is 36.4 Å². The van der Waals surface area contributed by atoms with Crippen LogP contribution >= 0.6 is 0 Å². The molecule has 2 N–H and O–H groups in total. The van der Waals surface area contributed by atoms with E-state index in [1.165, 1.54) is 6.20 Å². The average Bonchev–Trinajstić information content (AvgIpc) is 2.75. The zero-order valence-electron chi connectivity index (χ0n) is 16.6. The molecule has 2 amide bonds. The summed E-state index contributed by atoms with van der Waals surface area (Å²) in [4.78, 5) is 29.9. The van der Waals surface area contributed by atoms with Gasteiger partial charge in [-0.3, -0.25) is 14.6 Å². The second-order valence-corrected chi connectivity index (χ2v) is 6.65. The summed E-state index contributed by atoms with van der Waals surface area (Å²) in [5.41, 5.74) is 3.51. The van der Waals surface area contributed by atoms with Crippen molar-refractivity contribution in [3.05, 3.63) is 89.2 Å². The monoisotopic (exact) mass is 389 g/mol. The third-order valence-electron chi connectivity index (χ3n) is 4.61. The van der Waals surface area contributed by atoms with Crippen molar-refractivity contribution in [3.8, 4) is 5.75 Å². The van der Waals surface area contributed by atoms with Crippen molar-refractivity contribution in [3.63, 3.8) is 0 Å². The SMILES string of the molecule is COc1ccc(C(NC(=O)c2ccccn2)C(=O)Nc2c(C)cccc2C)cc1. The molecule has 0 radical (unpaired) electrons. The first-order valence-electron chi connectivity index (χ1n) is 9.22. The largest absolute Gasteiger partial charge is 0.497 e. The normalized spacial score (nSPS) is 11.4. The number of ether oxygens (including phenoxy) is 1. The lowest BCUT2D eigenvalue weighted by molar-refractivity contribution is -0.118. The van der Waals surface area contributed by atoms with Gasteiger partial charge >= 0.3 is 0 Å². The highest BCUT2D eigenvalue weighted by atomic mass is 16.5. The average molecular weight is 389 g/mol. The molecule has 2 aromatic carbocycles. The van der Waals surface area contributed by atoms with Crippen LogP contribution < -0.4 is 15.4 Å². The molecule has 0 fully saturated rings. The Morgan fingerprint density at radius 2 is 1.62 bits per heavy atom. The quantitative estimate of drug-likeness (QED) is 0.672. The molecule has 0 saturated heterocycles. The van der Waals surface area contributed by atoms with Crippen LogP contribution in [0.2, 0.25) is 0 Å². The van der Waals surface area contributed by atoms with E-state index < -0.39 is 11.9 Å². The Morgan fingerprint density at radius 3 is 2.21 bits per heavy atom. The number of rotatable bonds is 6. The molecule has 1 aromatic heterocycles. The lowest BCUT2D eigenvalue weighted by atomic mass is 10.0. The van der Waals surface area contributed by atoms with Crippen LogP contribution in [-0.4, -0.2) is 23.9 Å². The molecule has 3 rings (SSSR count). The maximum absolute atomic E-state index is 13.2. The number of methoxy groups -OCH3 is 1. The minimum atomic E-state index is -0.894. The van der Waals surface area contributed by atoms with Crippen molar-refractivity contribution < 1.29 is 14.3 Å². The van der Waals surface area contributed by atoms with E-state index in [1.54, 1.807) is 49.6 Å². The van der Waals surface area contributed by atoms with Gasteiger partial charge in [0.1, 0.15) is 17.5 Å². The van der Waals surface area contributed by atoms with Crippen molar-refractivity contribution in [2.45, 2.75) is 19.9 Å². The Hall–Kier alpha value is -3.67. The molecule has 0 aliphatic rings. The van der Waals surface area contributed by atoms with Gasteiger partial charge in [-0.15, -0.1) is 0 Å². The van der Waals surface area contributed by atoms with Gasteiger partial charge in [-0.2, -0.15) is 0 Å². The molecule has 0 saturated carbocycles. The molecule has 0 bridgehead atoms. The van der Waals surface area contributed by atoms with Crippen LogP contribution in [0.5, 0.6) is 5.75 Å². The summed E-state index contributed by atoms with van der Waals surface area (Å²) in [6, 6.07) is 17.0. The predicted molar refractivity (Wildman–Crippen MR) is 112 cm³/mol. The Kier molecular flexibility index (Phi) is 6.24. The van der Waals surface area contributed by atoms with Crippen molar-refractivity contribution >= 4 is 17.5 Å². The smallest absolute Gasteiger partial charge is 0.270 e. The first-order valence-corrected chi connectivity index (χ1v) is 9.22.